The van der Waals surface area contributed by atoms with Crippen LogP contribution in [0.25, 0.3) is 28.1 Å². The Hall–Kier alpha value is -3.27. The molecular formula is C20H16N2O2. The number of imidazole rings is 1. The van der Waals surface area contributed by atoms with E-state index in [1.165, 1.54) is 7.11 Å². The van der Waals surface area contributed by atoms with E-state index in [2.05, 4.69) is 4.57 Å². The zero-order chi connectivity index (χ0) is 16.5. The largest absolute Gasteiger partial charge is 0.504 e. The molecule has 1 N–H and O–H groups in total. The molecule has 4 heteroatoms. The van der Waals surface area contributed by atoms with Crippen molar-refractivity contribution in [2.24, 2.45) is 0 Å². The molecule has 24 heavy (non-hydrogen) atoms. The lowest BCUT2D eigenvalue weighted by molar-refractivity contribution is 0.373. The van der Waals surface area contributed by atoms with Gasteiger partial charge in [0.1, 0.15) is 5.82 Å². The van der Waals surface area contributed by atoms with E-state index in [4.69, 9.17) is 9.72 Å². The summed E-state index contributed by atoms with van der Waals surface area (Å²) in [6.07, 6.45) is 0. The van der Waals surface area contributed by atoms with Crippen molar-refractivity contribution in [3.05, 3.63) is 72.8 Å². The molecule has 3 aromatic carbocycles. The van der Waals surface area contributed by atoms with E-state index in [-0.39, 0.29) is 5.75 Å². The number of benzene rings is 3. The molecule has 0 saturated carbocycles. The SMILES string of the molecule is COc1ccc(-c2nc3ccccc3n2-c2ccccc2)cc1O. The third kappa shape index (κ3) is 2.29. The summed E-state index contributed by atoms with van der Waals surface area (Å²) in [7, 11) is 1.54. The van der Waals surface area contributed by atoms with Gasteiger partial charge in [0.2, 0.25) is 0 Å². The molecule has 0 aliphatic heterocycles. The van der Waals surface area contributed by atoms with Gasteiger partial charge in [-0.1, -0.05) is 30.3 Å². The minimum Gasteiger partial charge on any atom is -0.504 e. The maximum absolute atomic E-state index is 10.1. The first-order valence-corrected chi connectivity index (χ1v) is 7.68. The molecule has 0 radical (unpaired) electrons. The van der Waals surface area contributed by atoms with Crippen molar-refractivity contribution >= 4 is 11.0 Å². The van der Waals surface area contributed by atoms with Gasteiger partial charge in [-0.15, -0.1) is 0 Å². The van der Waals surface area contributed by atoms with Gasteiger partial charge in [-0.2, -0.15) is 0 Å². The van der Waals surface area contributed by atoms with Crippen molar-refractivity contribution in [1.29, 1.82) is 0 Å². The molecule has 0 atom stereocenters. The summed E-state index contributed by atoms with van der Waals surface area (Å²) in [5, 5.41) is 10.1. The number of methoxy groups -OCH3 is 1. The quantitative estimate of drug-likeness (QED) is 0.609. The predicted molar refractivity (Wildman–Crippen MR) is 94.7 cm³/mol. The van der Waals surface area contributed by atoms with Crippen LogP contribution in [-0.2, 0) is 0 Å². The Kier molecular flexibility index (Phi) is 3.43. The number of aromatic hydroxyl groups is 1. The average Bonchev–Trinajstić information content (AvgIpc) is 3.02. The van der Waals surface area contributed by atoms with Crippen molar-refractivity contribution in [1.82, 2.24) is 9.55 Å². The Balaban J connectivity index is 2.00. The monoisotopic (exact) mass is 316 g/mol. The first-order valence-electron chi connectivity index (χ1n) is 7.68. The van der Waals surface area contributed by atoms with E-state index < -0.39 is 0 Å². The second-order valence-corrected chi connectivity index (χ2v) is 5.48. The number of para-hydroxylation sites is 3. The highest BCUT2D eigenvalue weighted by molar-refractivity contribution is 5.83. The minimum atomic E-state index is 0.0988. The van der Waals surface area contributed by atoms with Gasteiger partial charge in [0.25, 0.3) is 0 Å². The molecule has 0 aliphatic carbocycles. The van der Waals surface area contributed by atoms with Gasteiger partial charge >= 0.3 is 0 Å². The maximum Gasteiger partial charge on any atom is 0.160 e. The fourth-order valence-electron chi connectivity index (χ4n) is 2.89. The van der Waals surface area contributed by atoms with Gasteiger partial charge in [-0.05, 0) is 42.5 Å². The first-order chi connectivity index (χ1) is 11.8. The summed E-state index contributed by atoms with van der Waals surface area (Å²) in [4.78, 5) is 4.77. The van der Waals surface area contributed by atoms with Crippen LogP contribution in [0.3, 0.4) is 0 Å². The second-order valence-electron chi connectivity index (χ2n) is 5.48. The summed E-state index contributed by atoms with van der Waals surface area (Å²) >= 11 is 0. The highest BCUT2D eigenvalue weighted by Gasteiger charge is 2.15. The fraction of sp³-hybridized carbons (Fsp3) is 0.0500. The molecule has 0 unspecified atom stereocenters. The van der Waals surface area contributed by atoms with Gasteiger partial charge < -0.3 is 9.84 Å². The van der Waals surface area contributed by atoms with Crippen molar-refractivity contribution in [3.8, 4) is 28.6 Å². The van der Waals surface area contributed by atoms with Gasteiger partial charge in [-0.25, -0.2) is 4.98 Å². The molecule has 1 heterocycles. The van der Waals surface area contributed by atoms with Crippen molar-refractivity contribution in [2.75, 3.05) is 7.11 Å². The summed E-state index contributed by atoms with van der Waals surface area (Å²) in [6, 6.07) is 23.4. The van der Waals surface area contributed by atoms with E-state index in [1.807, 2.05) is 60.7 Å². The van der Waals surface area contributed by atoms with Gasteiger partial charge in [-0.3, -0.25) is 4.57 Å². The fourth-order valence-corrected chi connectivity index (χ4v) is 2.89. The van der Waals surface area contributed by atoms with E-state index in [9.17, 15) is 5.11 Å². The third-order valence-corrected chi connectivity index (χ3v) is 4.01. The molecule has 0 bridgehead atoms. The third-order valence-electron chi connectivity index (χ3n) is 4.01. The Morgan fingerprint density at radius 1 is 0.917 bits per heavy atom. The number of nitrogens with zero attached hydrogens (tertiary/aromatic N) is 2. The molecule has 0 aliphatic rings. The van der Waals surface area contributed by atoms with Crippen LogP contribution < -0.4 is 4.74 Å². The van der Waals surface area contributed by atoms with Crippen LogP contribution in [0.1, 0.15) is 0 Å². The van der Waals surface area contributed by atoms with Crippen LogP contribution in [0, 0.1) is 0 Å². The molecule has 4 aromatic rings. The molecule has 0 saturated heterocycles. The van der Waals surface area contributed by atoms with Gasteiger partial charge in [0, 0.05) is 11.3 Å². The van der Waals surface area contributed by atoms with Crippen molar-refractivity contribution in [2.45, 2.75) is 0 Å². The zero-order valence-corrected chi connectivity index (χ0v) is 13.2. The number of phenols is 1. The van der Waals surface area contributed by atoms with E-state index >= 15 is 0 Å². The normalized spacial score (nSPS) is 10.9. The number of phenolic OH excluding ortho intramolecular Hbond substituents is 1. The Morgan fingerprint density at radius 3 is 2.42 bits per heavy atom. The maximum atomic E-state index is 10.1. The molecule has 4 nitrogen and oxygen atoms in total. The van der Waals surface area contributed by atoms with Crippen LogP contribution in [0.2, 0.25) is 0 Å². The van der Waals surface area contributed by atoms with Crippen molar-refractivity contribution < 1.29 is 9.84 Å². The molecular weight excluding hydrogens is 300 g/mol. The zero-order valence-electron chi connectivity index (χ0n) is 13.2. The molecule has 4 rings (SSSR count). The summed E-state index contributed by atoms with van der Waals surface area (Å²) in [5.74, 6) is 1.32. The van der Waals surface area contributed by atoms with Crippen LogP contribution in [0.5, 0.6) is 11.5 Å². The van der Waals surface area contributed by atoms with Crippen LogP contribution in [-0.4, -0.2) is 21.8 Å². The molecule has 1 aromatic heterocycles. The number of hydrogen-bond donors (Lipinski definition) is 1. The highest BCUT2D eigenvalue weighted by atomic mass is 16.5. The summed E-state index contributed by atoms with van der Waals surface area (Å²) < 4.78 is 7.23. The molecule has 118 valence electrons. The lowest BCUT2D eigenvalue weighted by Crippen LogP contribution is -1.97. The topological polar surface area (TPSA) is 47.3 Å². The van der Waals surface area contributed by atoms with E-state index in [1.54, 1.807) is 12.1 Å². The number of aromatic nitrogens is 2. The smallest absolute Gasteiger partial charge is 0.160 e. The Bertz CT molecular complexity index is 1010. The first kappa shape index (κ1) is 14.3. The lowest BCUT2D eigenvalue weighted by Gasteiger charge is -2.10. The molecule has 0 spiro atoms. The standard InChI is InChI=1S/C20H16N2O2/c1-24-19-12-11-14(13-18(19)23)20-21-16-9-5-6-10-17(16)22(20)15-7-3-2-4-8-15/h2-13,23H,1H3. The van der Waals surface area contributed by atoms with Crippen LogP contribution >= 0.6 is 0 Å². The van der Waals surface area contributed by atoms with Crippen molar-refractivity contribution in [3.63, 3.8) is 0 Å². The minimum absolute atomic E-state index is 0.0988. The predicted octanol–water partition coefficient (Wildman–Crippen LogP) is 4.41. The van der Waals surface area contributed by atoms with Gasteiger partial charge in [0.05, 0.1) is 18.1 Å². The second kappa shape index (κ2) is 5.74. The number of ether oxygens (including phenoxy) is 1. The molecule has 0 fully saturated rings. The molecule has 0 amide bonds. The van der Waals surface area contributed by atoms with Gasteiger partial charge in [0.15, 0.2) is 11.5 Å². The Morgan fingerprint density at radius 2 is 1.67 bits per heavy atom. The number of hydrogen-bond acceptors (Lipinski definition) is 3. The van der Waals surface area contributed by atoms with E-state index in [0.717, 1.165) is 28.1 Å². The lowest BCUT2D eigenvalue weighted by atomic mass is 10.2. The highest BCUT2D eigenvalue weighted by Crippen LogP contribution is 2.34. The number of rotatable bonds is 3. The number of fused-ring (bicyclic) bond motifs is 1. The Labute approximate surface area is 139 Å². The average molecular weight is 316 g/mol. The van der Waals surface area contributed by atoms with Crippen LogP contribution in [0.15, 0.2) is 72.8 Å². The van der Waals surface area contributed by atoms with E-state index in [0.29, 0.717) is 5.75 Å². The summed E-state index contributed by atoms with van der Waals surface area (Å²) in [5.41, 5.74) is 3.78. The summed E-state index contributed by atoms with van der Waals surface area (Å²) in [6.45, 7) is 0. The van der Waals surface area contributed by atoms with Crippen LogP contribution in [0.4, 0.5) is 0 Å².